The summed E-state index contributed by atoms with van der Waals surface area (Å²) in [5.41, 5.74) is 2.24. The van der Waals surface area contributed by atoms with E-state index in [1.54, 1.807) is 7.11 Å². The van der Waals surface area contributed by atoms with Gasteiger partial charge in [0, 0.05) is 32.6 Å². The minimum atomic E-state index is 0. The number of likely N-dealkylation sites (tertiary alicyclic amines) is 1. The smallest absolute Gasteiger partial charge is 0.222 e. The summed E-state index contributed by atoms with van der Waals surface area (Å²) in [6, 6.07) is 6.16. The van der Waals surface area contributed by atoms with Crippen LogP contribution in [0.5, 0.6) is 5.75 Å². The maximum atomic E-state index is 11.6. The zero-order valence-electron chi connectivity index (χ0n) is 16.0. The lowest BCUT2D eigenvalue weighted by Crippen LogP contribution is -2.39. The van der Waals surface area contributed by atoms with Crippen LogP contribution in [0.4, 0.5) is 0 Å². The highest BCUT2D eigenvalue weighted by Gasteiger charge is 2.18. The Kier molecular flexibility index (Phi) is 10.4. The summed E-state index contributed by atoms with van der Waals surface area (Å²) in [6.45, 7) is 8.01. The molecule has 0 radical (unpaired) electrons. The molecule has 0 atom stereocenters. The Hall–Kier alpha value is -1.51. The largest absolute Gasteiger partial charge is 0.496 e. The second-order valence-corrected chi connectivity index (χ2v) is 6.26. The molecule has 6 nitrogen and oxygen atoms in total. The van der Waals surface area contributed by atoms with Crippen molar-refractivity contribution in [2.75, 3.05) is 33.3 Å². The van der Waals surface area contributed by atoms with E-state index in [1.807, 2.05) is 17.9 Å². The van der Waals surface area contributed by atoms with Gasteiger partial charge in [0.2, 0.25) is 5.91 Å². The summed E-state index contributed by atoms with van der Waals surface area (Å²) in [5, 5.41) is 6.60. The van der Waals surface area contributed by atoms with E-state index in [0.29, 0.717) is 13.0 Å². The number of ether oxygens (including phenoxy) is 1. The lowest BCUT2D eigenvalue weighted by Gasteiger charge is -2.16. The molecule has 0 saturated carbocycles. The number of hydrogen-bond acceptors (Lipinski definition) is 3. The van der Waals surface area contributed by atoms with E-state index in [1.165, 1.54) is 0 Å². The van der Waals surface area contributed by atoms with E-state index in [4.69, 9.17) is 4.74 Å². The van der Waals surface area contributed by atoms with Crippen molar-refractivity contribution >= 4 is 35.8 Å². The Bertz CT molecular complexity index is 607. The van der Waals surface area contributed by atoms with E-state index in [0.717, 1.165) is 61.9 Å². The Balaban J connectivity index is 0.00000338. The number of methoxy groups -OCH3 is 1. The van der Waals surface area contributed by atoms with Crippen molar-refractivity contribution in [2.24, 2.45) is 4.99 Å². The molecule has 1 fully saturated rings. The zero-order valence-corrected chi connectivity index (χ0v) is 18.3. The number of halogens is 1. The molecule has 0 aliphatic carbocycles. The second kappa shape index (κ2) is 12.0. The molecule has 2 N–H and O–H groups in total. The van der Waals surface area contributed by atoms with Gasteiger partial charge in [0.25, 0.3) is 0 Å². The first-order chi connectivity index (χ1) is 12.1. The van der Waals surface area contributed by atoms with Gasteiger partial charge in [0.15, 0.2) is 5.96 Å². The number of nitrogens with one attached hydrogen (secondary N) is 2. The molecule has 1 heterocycles. The fraction of sp³-hybridized carbons (Fsp3) is 0.579. The fourth-order valence-electron chi connectivity index (χ4n) is 2.89. The van der Waals surface area contributed by atoms with Crippen LogP contribution in [-0.2, 0) is 11.3 Å². The molecular formula is C19H31IN4O2. The average molecular weight is 474 g/mol. The van der Waals surface area contributed by atoms with Gasteiger partial charge in [-0.15, -0.1) is 24.0 Å². The van der Waals surface area contributed by atoms with Crippen LogP contribution in [0, 0.1) is 6.92 Å². The van der Waals surface area contributed by atoms with Crippen LogP contribution in [0.2, 0.25) is 0 Å². The van der Waals surface area contributed by atoms with Crippen LogP contribution >= 0.6 is 24.0 Å². The molecule has 0 unspecified atom stereocenters. The monoisotopic (exact) mass is 474 g/mol. The average Bonchev–Trinajstić information content (AvgIpc) is 3.02. The van der Waals surface area contributed by atoms with E-state index >= 15 is 0 Å². The van der Waals surface area contributed by atoms with E-state index < -0.39 is 0 Å². The molecule has 0 aromatic heterocycles. The number of guanidine groups is 1. The van der Waals surface area contributed by atoms with Crippen LogP contribution in [0.3, 0.4) is 0 Å². The molecule has 26 heavy (non-hydrogen) atoms. The molecule has 1 aromatic rings. The van der Waals surface area contributed by atoms with Crippen molar-refractivity contribution in [1.82, 2.24) is 15.5 Å². The molecule has 0 bridgehead atoms. The third kappa shape index (κ3) is 7.01. The molecule has 1 aromatic carbocycles. The quantitative estimate of drug-likeness (QED) is 0.263. The SMILES string of the molecule is CCNC(=NCc1ccc(C)c(OC)c1)NCCCN1CCCC1=O.I. The van der Waals surface area contributed by atoms with Gasteiger partial charge >= 0.3 is 0 Å². The highest BCUT2D eigenvalue weighted by atomic mass is 127. The number of amides is 1. The van der Waals surface area contributed by atoms with Crippen LogP contribution in [0.1, 0.15) is 37.3 Å². The van der Waals surface area contributed by atoms with Crippen LogP contribution < -0.4 is 15.4 Å². The molecule has 1 saturated heterocycles. The zero-order chi connectivity index (χ0) is 18.1. The van der Waals surface area contributed by atoms with Gasteiger partial charge in [-0.25, -0.2) is 4.99 Å². The number of rotatable bonds is 8. The molecule has 1 aliphatic heterocycles. The van der Waals surface area contributed by atoms with Crippen LogP contribution in [0.15, 0.2) is 23.2 Å². The third-order valence-corrected chi connectivity index (χ3v) is 4.31. The molecule has 1 amide bonds. The summed E-state index contributed by atoms with van der Waals surface area (Å²) in [4.78, 5) is 18.2. The summed E-state index contributed by atoms with van der Waals surface area (Å²) in [5.74, 6) is 1.98. The first-order valence-corrected chi connectivity index (χ1v) is 9.07. The third-order valence-electron chi connectivity index (χ3n) is 4.31. The first-order valence-electron chi connectivity index (χ1n) is 9.07. The van der Waals surface area contributed by atoms with Gasteiger partial charge < -0.3 is 20.3 Å². The molecule has 7 heteroatoms. The highest BCUT2D eigenvalue weighted by Crippen LogP contribution is 2.19. The maximum absolute atomic E-state index is 11.6. The fourth-order valence-corrected chi connectivity index (χ4v) is 2.89. The predicted octanol–water partition coefficient (Wildman–Crippen LogP) is 2.69. The number of hydrogen-bond donors (Lipinski definition) is 2. The number of aryl methyl sites for hydroxylation is 1. The van der Waals surface area contributed by atoms with Crippen molar-refractivity contribution in [3.63, 3.8) is 0 Å². The van der Waals surface area contributed by atoms with Crippen molar-refractivity contribution in [3.05, 3.63) is 29.3 Å². The van der Waals surface area contributed by atoms with Gasteiger partial charge in [-0.1, -0.05) is 12.1 Å². The minimum Gasteiger partial charge on any atom is -0.496 e. The number of benzene rings is 1. The van der Waals surface area contributed by atoms with Crippen LogP contribution in [0.25, 0.3) is 0 Å². The molecule has 1 aliphatic rings. The number of carbonyl (C=O) groups excluding carboxylic acids is 1. The number of aliphatic imine (C=N–C) groups is 1. The van der Waals surface area contributed by atoms with Crippen molar-refractivity contribution in [3.8, 4) is 5.75 Å². The maximum Gasteiger partial charge on any atom is 0.222 e. The molecule has 0 spiro atoms. The Morgan fingerprint density at radius 3 is 2.81 bits per heavy atom. The van der Waals surface area contributed by atoms with Crippen molar-refractivity contribution < 1.29 is 9.53 Å². The summed E-state index contributed by atoms with van der Waals surface area (Å²) < 4.78 is 5.36. The Morgan fingerprint density at radius 2 is 2.15 bits per heavy atom. The number of carbonyl (C=O) groups is 1. The van der Waals surface area contributed by atoms with Crippen molar-refractivity contribution in [2.45, 2.75) is 39.7 Å². The second-order valence-electron chi connectivity index (χ2n) is 6.26. The van der Waals surface area contributed by atoms with Gasteiger partial charge in [-0.05, 0) is 43.9 Å². The predicted molar refractivity (Wildman–Crippen MR) is 116 cm³/mol. The van der Waals surface area contributed by atoms with Gasteiger partial charge in [0.05, 0.1) is 13.7 Å². The summed E-state index contributed by atoms with van der Waals surface area (Å²) in [6.07, 6.45) is 2.63. The Labute approximate surface area is 173 Å². The first kappa shape index (κ1) is 22.5. The van der Waals surface area contributed by atoms with E-state index in [9.17, 15) is 4.79 Å². The normalized spacial score (nSPS) is 14.2. The van der Waals surface area contributed by atoms with Gasteiger partial charge in [-0.3, -0.25) is 4.79 Å². The summed E-state index contributed by atoms with van der Waals surface area (Å²) >= 11 is 0. The molecule has 146 valence electrons. The lowest BCUT2D eigenvalue weighted by molar-refractivity contribution is -0.127. The topological polar surface area (TPSA) is 66.0 Å². The minimum absolute atomic E-state index is 0. The van der Waals surface area contributed by atoms with E-state index in [2.05, 4.69) is 34.7 Å². The number of nitrogens with zero attached hydrogens (tertiary/aromatic N) is 2. The molecular weight excluding hydrogens is 443 g/mol. The van der Waals surface area contributed by atoms with E-state index in [-0.39, 0.29) is 29.9 Å². The highest BCUT2D eigenvalue weighted by molar-refractivity contribution is 14.0. The Morgan fingerprint density at radius 1 is 1.35 bits per heavy atom. The standard InChI is InChI=1S/C19H30N4O2.HI/c1-4-20-19(21-10-6-12-23-11-5-7-18(23)24)22-14-16-9-8-15(2)17(13-16)25-3;/h8-9,13H,4-7,10-12,14H2,1-3H3,(H2,20,21,22);1H. The lowest BCUT2D eigenvalue weighted by atomic mass is 10.1. The van der Waals surface area contributed by atoms with Crippen molar-refractivity contribution in [1.29, 1.82) is 0 Å². The van der Waals surface area contributed by atoms with Gasteiger partial charge in [-0.2, -0.15) is 0 Å². The summed E-state index contributed by atoms with van der Waals surface area (Å²) in [7, 11) is 1.69. The molecule has 2 rings (SSSR count). The van der Waals surface area contributed by atoms with Crippen LogP contribution in [-0.4, -0.2) is 50.1 Å². The van der Waals surface area contributed by atoms with Gasteiger partial charge in [0.1, 0.15) is 5.75 Å².